The fourth-order valence-corrected chi connectivity index (χ4v) is 2.12. The quantitative estimate of drug-likeness (QED) is 0.822. The third kappa shape index (κ3) is 1.97. The lowest BCUT2D eigenvalue weighted by atomic mass is 9.64. The average Bonchev–Trinajstić information content (AvgIpc) is 2.26. The molecule has 1 aromatic carbocycles. The summed E-state index contributed by atoms with van der Waals surface area (Å²) < 4.78 is 13.3. The van der Waals surface area contributed by atoms with Crippen LogP contribution in [0.5, 0.6) is 0 Å². The molecule has 88 valence electrons. The highest BCUT2D eigenvalue weighted by atomic mass is 19.1. The summed E-state index contributed by atoms with van der Waals surface area (Å²) in [5.41, 5.74) is 0.574. The maximum absolute atomic E-state index is 13.3. The molecule has 0 aliphatic heterocycles. The summed E-state index contributed by atoms with van der Waals surface area (Å²) in [7, 11) is 0. The van der Waals surface area contributed by atoms with Gasteiger partial charge in [-0.1, -0.05) is 32.0 Å². The summed E-state index contributed by atoms with van der Waals surface area (Å²) in [6, 6.07) is 7.04. The van der Waals surface area contributed by atoms with E-state index in [-0.39, 0.29) is 23.4 Å². The fourth-order valence-electron chi connectivity index (χ4n) is 2.12. The first kappa shape index (κ1) is 11.6. The molecule has 0 spiro atoms. The minimum atomic E-state index is -0.245. The van der Waals surface area contributed by atoms with Crippen LogP contribution < -0.4 is 5.32 Å². The van der Waals surface area contributed by atoms with Crippen LogP contribution in [0.4, 0.5) is 4.39 Å². The molecule has 0 aromatic heterocycles. The van der Waals surface area contributed by atoms with Gasteiger partial charge in [-0.2, -0.15) is 0 Å². The molecule has 0 heterocycles. The number of hydrogen-bond acceptors (Lipinski definition) is 2. The number of hydrogen-bond donors (Lipinski definition) is 2. The van der Waals surface area contributed by atoms with E-state index < -0.39 is 0 Å². The van der Waals surface area contributed by atoms with E-state index in [0.29, 0.717) is 12.1 Å². The highest BCUT2D eigenvalue weighted by Crippen LogP contribution is 2.40. The van der Waals surface area contributed by atoms with Gasteiger partial charge in [-0.25, -0.2) is 4.39 Å². The van der Waals surface area contributed by atoms with Crippen LogP contribution in [0.25, 0.3) is 0 Å². The molecule has 16 heavy (non-hydrogen) atoms. The van der Waals surface area contributed by atoms with Crippen molar-refractivity contribution in [2.24, 2.45) is 5.41 Å². The zero-order chi connectivity index (χ0) is 11.8. The molecule has 1 fully saturated rings. The molecule has 2 rings (SSSR count). The number of rotatable bonds is 3. The number of aliphatic hydroxyl groups excluding tert-OH is 1. The van der Waals surface area contributed by atoms with Crippen molar-refractivity contribution in [2.45, 2.75) is 39.0 Å². The molecule has 0 saturated heterocycles. The lowest BCUT2D eigenvalue weighted by Crippen LogP contribution is -2.59. The van der Waals surface area contributed by atoms with Gasteiger partial charge in [0.25, 0.3) is 0 Å². The Bertz CT molecular complexity index is 378. The van der Waals surface area contributed by atoms with Gasteiger partial charge in [0, 0.05) is 23.6 Å². The minimum Gasteiger partial charge on any atom is -0.392 e. The lowest BCUT2D eigenvalue weighted by molar-refractivity contribution is -0.0730. The molecule has 2 nitrogen and oxygen atoms in total. The Kier molecular flexibility index (Phi) is 3.00. The van der Waals surface area contributed by atoms with Crippen molar-refractivity contribution < 1.29 is 9.50 Å². The molecule has 1 aromatic rings. The van der Waals surface area contributed by atoms with Crippen LogP contribution in [0, 0.1) is 11.2 Å². The molecule has 2 N–H and O–H groups in total. The normalized spacial score (nSPS) is 27.5. The monoisotopic (exact) mass is 223 g/mol. The summed E-state index contributed by atoms with van der Waals surface area (Å²) in [5, 5.41) is 12.9. The Morgan fingerprint density at radius 1 is 1.44 bits per heavy atom. The maximum atomic E-state index is 13.3. The van der Waals surface area contributed by atoms with E-state index >= 15 is 0 Å². The van der Waals surface area contributed by atoms with Crippen molar-refractivity contribution in [3.63, 3.8) is 0 Å². The van der Waals surface area contributed by atoms with Gasteiger partial charge in [0.2, 0.25) is 0 Å². The second kappa shape index (κ2) is 4.15. The van der Waals surface area contributed by atoms with E-state index in [1.165, 1.54) is 6.07 Å². The van der Waals surface area contributed by atoms with Crippen molar-refractivity contribution in [3.8, 4) is 0 Å². The third-order valence-corrected chi connectivity index (χ3v) is 3.71. The SMILES string of the molecule is CC1(C)C(O)CC1NCc1ccccc1F. The summed E-state index contributed by atoms with van der Waals surface area (Å²) in [6.45, 7) is 4.58. The Morgan fingerprint density at radius 2 is 2.12 bits per heavy atom. The number of halogens is 1. The smallest absolute Gasteiger partial charge is 0.127 e. The summed E-state index contributed by atoms with van der Waals surface area (Å²) in [5.74, 6) is -0.173. The first-order valence-electron chi connectivity index (χ1n) is 5.66. The number of aliphatic hydroxyl groups is 1. The standard InChI is InChI=1S/C13H18FNO/c1-13(2)11(7-12(13)16)15-8-9-5-3-4-6-10(9)14/h3-6,11-12,15-16H,7-8H2,1-2H3. The van der Waals surface area contributed by atoms with Gasteiger partial charge in [0.1, 0.15) is 5.82 Å². The number of nitrogens with one attached hydrogen (secondary N) is 1. The molecule has 0 radical (unpaired) electrons. The third-order valence-electron chi connectivity index (χ3n) is 3.71. The molecule has 1 aliphatic rings. The van der Waals surface area contributed by atoms with E-state index in [1.807, 2.05) is 19.9 Å². The van der Waals surface area contributed by atoms with E-state index in [0.717, 1.165) is 6.42 Å². The van der Waals surface area contributed by atoms with Gasteiger partial charge in [-0.05, 0) is 12.5 Å². The molecule has 1 saturated carbocycles. The van der Waals surface area contributed by atoms with E-state index in [4.69, 9.17) is 0 Å². The molecule has 2 atom stereocenters. The van der Waals surface area contributed by atoms with Gasteiger partial charge >= 0.3 is 0 Å². The largest absolute Gasteiger partial charge is 0.392 e. The van der Waals surface area contributed by atoms with Crippen molar-refractivity contribution in [1.82, 2.24) is 5.32 Å². The van der Waals surface area contributed by atoms with Crippen LogP contribution in [0.1, 0.15) is 25.8 Å². The van der Waals surface area contributed by atoms with Gasteiger partial charge in [0.05, 0.1) is 6.10 Å². The summed E-state index contributed by atoms with van der Waals surface area (Å²) >= 11 is 0. The number of benzene rings is 1. The molecule has 3 heteroatoms. The van der Waals surface area contributed by atoms with Crippen molar-refractivity contribution in [1.29, 1.82) is 0 Å². The zero-order valence-electron chi connectivity index (χ0n) is 9.70. The van der Waals surface area contributed by atoms with E-state index in [9.17, 15) is 9.50 Å². The highest BCUT2D eigenvalue weighted by molar-refractivity contribution is 5.17. The van der Waals surface area contributed by atoms with Gasteiger partial charge < -0.3 is 10.4 Å². The first-order valence-corrected chi connectivity index (χ1v) is 5.66. The Labute approximate surface area is 95.5 Å². The second-order valence-electron chi connectivity index (χ2n) is 5.10. The Morgan fingerprint density at radius 3 is 2.69 bits per heavy atom. The topological polar surface area (TPSA) is 32.3 Å². The molecular formula is C13H18FNO. The van der Waals surface area contributed by atoms with Crippen LogP contribution in [0.3, 0.4) is 0 Å². The predicted octanol–water partition coefficient (Wildman–Crippen LogP) is 2.07. The van der Waals surface area contributed by atoms with Crippen LogP contribution in [-0.2, 0) is 6.54 Å². The Balaban J connectivity index is 1.92. The van der Waals surface area contributed by atoms with E-state index in [2.05, 4.69) is 5.32 Å². The molecular weight excluding hydrogens is 205 g/mol. The summed E-state index contributed by atoms with van der Waals surface area (Å²) in [6.07, 6.45) is 0.507. The van der Waals surface area contributed by atoms with Crippen LogP contribution >= 0.6 is 0 Å². The van der Waals surface area contributed by atoms with Crippen LogP contribution in [-0.4, -0.2) is 17.3 Å². The van der Waals surface area contributed by atoms with Crippen LogP contribution in [0.2, 0.25) is 0 Å². The van der Waals surface area contributed by atoms with E-state index in [1.54, 1.807) is 12.1 Å². The van der Waals surface area contributed by atoms with Crippen molar-refractivity contribution in [3.05, 3.63) is 35.6 Å². The van der Waals surface area contributed by atoms with Crippen molar-refractivity contribution >= 4 is 0 Å². The second-order valence-corrected chi connectivity index (χ2v) is 5.10. The molecule has 0 bridgehead atoms. The molecule has 2 unspecified atom stereocenters. The Hall–Kier alpha value is -0.930. The van der Waals surface area contributed by atoms with Crippen molar-refractivity contribution in [2.75, 3.05) is 0 Å². The summed E-state index contributed by atoms with van der Waals surface area (Å²) in [4.78, 5) is 0. The average molecular weight is 223 g/mol. The van der Waals surface area contributed by atoms with Gasteiger partial charge in [-0.3, -0.25) is 0 Å². The maximum Gasteiger partial charge on any atom is 0.127 e. The lowest BCUT2D eigenvalue weighted by Gasteiger charge is -2.49. The fraction of sp³-hybridized carbons (Fsp3) is 0.538. The minimum absolute atomic E-state index is 0.106. The zero-order valence-corrected chi connectivity index (χ0v) is 9.70. The van der Waals surface area contributed by atoms with Gasteiger partial charge in [-0.15, -0.1) is 0 Å². The highest BCUT2D eigenvalue weighted by Gasteiger charge is 2.46. The van der Waals surface area contributed by atoms with Crippen LogP contribution in [0.15, 0.2) is 24.3 Å². The predicted molar refractivity (Wildman–Crippen MR) is 61.4 cm³/mol. The molecule has 0 amide bonds. The first-order chi connectivity index (χ1) is 7.51. The molecule has 1 aliphatic carbocycles. The van der Waals surface area contributed by atoms with Gasteiger partial charge in [0.15, 0.2) is 0 Å².